The van der Waals surface area contributed by atoms with Crippen LogP contribution in [0.1, 0.15) is 101 Å². The zero-order chi connectivity index (χ0) is 23.2. The third-order valence-corrected chi connectivity index (χ3v) is 6.27. The second kappa shape index (κ2) is 15.0. The zero-order valence-electron chi connectivity index (χ0n) is 19.6. The van der Waals surface area contributed by atoms with Crippen molar-refractivity contribution in [1.82, 2.24) is 4.90 Å². The molecule has 0 radical (unpaired) electrons. The highest BCUT2D eigenvalue weighted by molar-refractivity contribution is 5.94. The molecular weight excluding hydrogens is 412 g/mol. The summed E-state index contributed by atoms with van der Waals surface area (Å²) in [7, 11) is 0. The van der Waals surface area contributed by atoms with Crippen LogP contribution in [0.2, 0.25) is 0 Å². The number of rotatable bonds is 14. The Labute approximate surface area is 191 Å². The van der Waals surface area contributed by atoms with Crippen molar-refractivity contribution >= 4 is 11.9 Å². The number of amides is 1. The molecule has 1 aromatic rings. The van der Waals surface area contributed by atoms with E-state index in [2.05, 4.69) is 6.92 Å². The predicted molar refractivity (Wildman–Crippen MR) is 122 cm³/mol. The largest absolute Gasteiger partial charge is 0.465 e. The van der Waals surface area contributed by atoms with Gasteiger partial charge in [-0.25, -0.2) is 8.78 Å². The van der Waals surface area contributed by atoms with Crippen molar-refractivity contribution in [3.05, 3.63) is 35.4 Å². The number of halogens is 2. The van der Waals surface area contributed by atoms with Gasteiger partial charge in [-0.2, -0.15) is 0 Å². The van der Waals surface area contributed by atoms with Crippen LogP contribution in [-0.2, 0) is 9.53 Å². The molecule has 2 rings (SSSR count). The maximum Gasteiger partial charge on any atom is 0.309 e. The maximum absolute atomic E-state index is 13.4. The number of likely N-dealkylation sites (tertiary alicyclic amines) is 1. The summed E-state index contributed by atoms with van der Waals surface area (Å²) < 4.78 is 31.9. The Morgan fingerprint density at radius 2 is 1.44 bits per heavy atom. The molecule has 1 aromatic carbocycles. The van der Waals surface area contributed by atoms with Crippen LogP contribution in [0, 0.1) is 17.6 Å². The molecule has 1 amide bonds. The average Bonchev–Trinajstić information content (AvgIpc) is 2.81. The topological polar surface area (TPSA) is 46.6 Å². The molecule has 180 valence electrons. The summed E-state index contributed by atoms with van der Waals surface area (Å²) in [4.78, 5) is 26.3. The normalized spacial score (nSPS) is 14.5. The lowest BCUT2D eigenvalue weighted by molar-refractivity contribution is -0.150. The van der Waals surface area contributed by atoms with E-state index in [1.807, 2.05) is 0 Å². The smallest absolute Gasteiger partial charge is 0.309 e. The van der Waals surface area contributed by atoms with E-state index in [-0.39, 0.29) is 23.4 Å². The van der Waals surface area contributed by atoms with Crippen molar-refractivity contribution in [2.75, 3.05) is 19.7 Å². The molecule has 1 saturated heterocycles. The number of esters is 1. The van der Waals surface area contributed by atoms with Crippen molar-refractivity contribution in [2.45, 2.75) is 90.4 Å². The summed E-state index contributed by atoms with van der Waals surface area (Å²) in [5, 5.41) is 0. The standard InChI is InChI=1S/C26H39F2NO3/c1-2-3-4-5-6-7-8-9-10-11-12-19-32-26(31)21-15-17-29(18-16-21)25(30)22-13-14-23(27)24(28)20-22/h13-14,20-21H,2-12,15-19H2,1H3. The van der Waals surface area contributed by atoms with Crippen molar-refractivity contribution < 1.29 is 23.1 Å². The second-order valence-corrected chi connectivity index (χ2v) is 8.90. The van der Waals surface area contributed by atoms with Crippen LogP contribution < -0.4 is 0 Å². The number of carbonyl (C=O) groups is 2. The van der Waals surface area contributed by atoms with E-state index in [9.17, 15) is 18.4 Å². The first kappa shape index (κ1) is 26.3. The Morgan fingerprint density at radius 1 is 0.875 bits per heavy atom. The van der Waals surface area contributed by atoms with Gasteiger partial charge in [0.05, 0.1) is 12.5 Å². The van der Waals surface area contributed by atoms with Gasteiger partial charge in [0.25, 0.3) is 5.91 Å². The Balaban J connectivity index is 1.52. The summed E-state index contributed by atoms with van der Waals surface area (Å²) in [6.45, 7) is 3.53. The third kappa shape index (κ3) is 9.25. The van der Waals surface area contributed by atoms with Crippen LogP contribution in [0.5, 0.6) is 0 Å². The lowest BCUT2D eigenvalue weighted by Crippen LogP contribution is -2.40. The van der Waals surface area contributed by atoms with Crippen LogP contribution in [0.25, 0.3) is 0 Å². The van der Waals surface area contributed by atoms with E-state index in [0.29, 0.717) is 32.5 Å². The van der Waals surface area contributed by atoms with E-state index in [4.69, 9.17) is 4.74 Å². The minimum atomic E-state index is -1.03. The van der Waals surface area contributed by atoms with Gasteiger partial charge in [0, 0.05) is 18.7 Å². The summed E-state index contributed by atoms with van der Waals surface area (Å²) >= 11 is 0. The van der Waals surface area contributed by atoms with E-state index < -0.39 is 11.6 Å². The highest BCUT2D eigenvalue weighted by Gasteiger charge is 2.29. The van der Waals surface area contributed by atoms with Gasteiger partial charge in [0.1, 0.15) is 0 Å². The fourth-order valence-electron chi connectivity index (χ4n) is 4.19. The molecule has 1 fully saturated rings. The van der Waals surface area contributed by atoms with Gasteiger partial charge in [0.2, 0.25) is 0 Å². The minimum Gasteiger partial charge on any atom is -0.465 e. The first-order chi connectivity index (χ1) is 15.5. The lowest BCUT2D eigenvalue weighted by atomic mass is 9.96. The highest BCUT2D eigenvalue weighted by atomic mass is 19.2. The Bertz CT molecular complexity index is 702. The molecule has 1 aliphatic rings. The molecule has 0 atom stereocenters. The van der Waals surface area contributed by atoms with Gasteiger partial charge < -0.3 is 9.64 Å². The molecule has 1 aliphatic heterocycles. The summed E-state index contributed by atoms with van der Waals surface area (Å²) in [6, 6.07) is 3.17. The van der Waals surface area contributed by atoms with Gasteiger partial charge in [-0.1, -0.05) is 71.1 Å². The second-order valence-electron chi connectivity index (χ2n) is 8.90. The summed E-state index contributed by atoms with van der Waals surface area (Å²) in [6.07, 6.45) is 14.9. The fraction of sp³-hybridized carbons (Fsp3) is 0.692. The summed E-state index contributed by atoms with van der Waals surface area (Å²) in [5.74, 6) is -2.72. The van der Waals surface area contributed by atoms with Crippen LogP contribution in [0.4, 0.5) is 8.78 Å². The van der Waals surface area contributed by atoms with E-state index in [1.165, 1.54) is 63.9 Å². The van der Waals surface area contributed by atoms with Crippen molar-refractivity contribution in [2.24, 2.45) is 5.92 Å². The van der Waals surface area contributed by atoms with Gasteiger partial charge in [-0.3, -0.25) is 9.59 Å². The monoisotopic (exact) mass is 451 g/mol. The molecule has 6 heteroatoms. The maximum atomic E-state index is 13.4. The number of unbranched alkanes of at least 4 members (excludes halogenated alkanes) is 10. The van der Waals surface area contributed by atoms with E-state index in [1.54, 1.807) is 4.90 Å². The number of hydrogen-bond acceptors (Lipinski definition) is 3. The summed E-state index contributed by atoms with van der Waals surface area (Å²) in [5.41, 5.74) is 0.126. The van der Waals surface area contributed by atoms with Gasteiger partial charge in [-0.15, -0.1) is 0 Å². The molecule has 0 saturated carbocycles. The molecule has 0 aromatic heterocycles. The van der Waals surface area contributed by atoms with E-state index in [0.717, 1.165) is 25.0 Å². The number of nitrogens with zero attached hydrogens (tertiary/aromatic N) is 1. The zero-order valence-corrected chi connectivity index (χ0v) is 19.6. The van der Waals surface area contributed by atoms with Crippen molar-refractivity contribution in [1.29, 1.82) is 0 Å². The lowest BCUT2D eigenvalue weighted by Gasteiger charge is -2.31. The predicted octanol–water partition coefficient (Wildman–Crippen LogP) is 6.67. The molecule has 0 bridgehead atoms. The fourth-order valence-corrected chi connectivity index (χ4v) is 4.19. The molecule has 4 nitrogen and oxygen atoms in total. The van der Waals surface area contributed by atoms with Gasteiger partial charge in [-0.05, 0) is 37.5 Å². The Morgan fingerprint density at radius 3 is 2.00 bits per heavy atom. The molecule has 0 spiro atoms. The Hall–Kier alpha value is -1.98. The van der Waals surface area contributed by atoms with Crippen molar-refractivity contribution in [3.63, 3.8) is 0 Å². The van der Waals surface area contributed by atoms with Gasteiger partial charge >= 0.3 is 5.97 Å². The third-order valence-electron chi connectivity index (χ3n) is 6.27. The molecule has 1 heterocycles. The first-order valence-electron chi connectivity index (χ1n) is 12.4. The number of carbonyl (C=O) groups excluding carboxylic acids is 2. The van der Waals surface area contributed by atoms with Crippen LogP contribution in [-0.4, -0.2) is 36.5 Å². The number of ether oxygens (including phenoxy) is 1. The quantitative estimate of drug-likeness (QED) is 0.234. The Kier molecular flexibility index (Phi) is 12.3. The molecule has 0 unspecified atom stereocenters. The highest BCUT2D eigenvalue weighted by Crippen LogP contribution is 2.21. The molecule has 0 aliphatic carbocycles. The van der Waals surface area contributed by atoms with Crippen LogP contribution >= 0.6 is 0 Å². The van der Waals surface area contributed by atoms with Crippen LogP contribution in [0.15, 0.2) is 18.2 Å². The van der Waals surface area contributed by atoms with Crippen LogP contribution in [0.3, 0.4) is 0 Å². The number of hydrogen-bond donors (Lipinski definition) is 0. The minimum absolute atomic E-state index is 0.126. The van der Waals surface area contributed by atoms with Crippen molar-refractivity contribution in [3.8, 4) is 0 Å². The molecule has 0 N–H and O–H groups in total. The molecule has 32 heavy (non-hydrogen) atoms. The van der Waals surface area contributed by atoms with Gasteiger partial charge in [0.15, 0.2) is 11.6 Å². The van der Waals surface area contributed by atoms with E-state index >= 15 is 0 Å². The number of piperidine rings is 1. The average molecular weight is 452 g/mol. The first-order valence-corrected chi connectivity index (χ1v) is 12.4. The SMILES string of the molecule is CCCCCCCCCCCCCOC(=O)C1CCN(C(=O)c2ccc(F)c(F)c2)CC1. The molecular formula is C26H39F2NO3. The number of benzene rings is 1.